The highest BCUT2D eigenvalue weighted by atomic mass is 32.1. The van der Waals surface area contributed by atoms with Crippen molar-refractivity contribution in [2.24, 2.45) is 0 Å². The Morgan fingerprint density at radius 1 is 1.42 bits per heavy atom. The predicted octanol–water partition coefficient (Wildman–Crippen LogP) is 1.75. The largest absolute Gasteiger partial charge is 0.451 e. The van der Waals surface area contributed by atoms with E-state index in [0.29, 0.717) is 0 Å². The molecule has 0 aliphatic heterocycles. The Hall–Kier alpha value is -0.980. The SMILES string of the molecule is FC(F)(F)c1nccc(NS)n1. The molecule has 1 heterocycles. The first-order chi connectivity index (χ1) is 5.54. The first-order valence-corrected chi connectivity index (χ1v) is 3.29. The number of rotatable bonds is 1. The van der Waals surface area contributed by atoms with Gasteiger partial charge in [0.25, 0.3) is 0 Å². The summed E-state index contributed by atoms with van der Waals surface area (Å²) in [6.45, 7) is 0. The molecule has 1 aromatic rings. The minimum Gasteiger partial charge on any atom is -0.317 e. The van der Waals surface area contributed by atoms with Gasteiger partial charge in [-0.1, -0.05) is 12.8 Å². The molecule has 0 aliphatic carbocycles. The summed E-state index contributed by atoms with van der Waals surface area (Å²) in [5, 5.41) is 0. The first-order valence-electron chi connectivity index (χ1n) is 2.84. The maximum Gasteiger partial charge on any atom is 0.451 e. The van der Waals surface area contributed by atoms with Crippen LogP contribution in [0.4, 0.5) is 19.0 Å². The summed E-state index contributed by atoms with van der Waals surface area (Å²) in [4.78, 5) is 6.19. The van der Waals surface area contributed by atoms with Gasteiger partial charge in [0.2, 0.25) is 5.82 Å². The second-order valence-electron chi connectivity index (χ2n) is 1.88. The Kier molecular flexibility index (Phi) is 2.41. The molecule has 1 aromatic heterocycles. The van der Waals surface area contributed by atoms with Crippen molar-refractivity contribution in [3.05, 3.63) is 18.1 Å². The van der Waals surface area contributed by atoms with Gasteiger partial charge in [-0.15, -0.1) is 0 Å². The number of halogens is 3. The molecule has 0 radical (unpaired) electrons. The van der Waals surface area contributed by atoms with Gasteiger partial charge in [0.05, 0.1) is 0 Å². The highest BCUT2D eigenvalue weighted by Crippen LogP contribution is 2.26. The van der Waals surface area contributed by atoms with E-state index in [-0.39, 0.29) is 5.82 Å². The maximum atomic E-state index is 11.9. The first kappa shape index (κ1) is 9.11. The van der Waals surface area contributed by atoms with Crippen LogP contribution in [0.5, 0.6) is 0 Å². The molecule has 12 heavy (non-hydrogen) atoms. The van der Waals surface area contributed by atoms with Gasteiger partial charge in [0.15, 0.2) is 0 Å². The van der Waals surface area contributed by atoms with E-state index in [0.717, 1.165) is 6.20 Å². The third-order valence-corrected chi connectivity index (χ3v) is 1.25. The van der Waals surface area contributed by atoms with E-state index in [9.17, 15) is 13.2 Å². The van der Waals surface area contributed by atoms with E-state index in [1.54, 1.807) is 0 Å². The molecule has 0 aliphatic rings. The summed E-state index contributed by atoms with van der Waals surface area (Å²) in [5.74, 6) is -1.16. The summed E-state index contributed by atoms with van der Waals surface area (Å²) in [7, 11) is 0. The van der Waals surface area contributed by atoms with Crippen LogP contribution in [0.1, 0.15) is 5.82 Å². The number of hydrogen-bond acceptors (Lipinski definition) is 4. The molecule has 3 nitrogen and oxygen atoms in total. The van der Waals surface area contributed by atoms with Crippen molar-refractivity contribution in [1.82, 2.24) is 9.97 Å². The van der Waals surface area contributed by atoms with Crippen LogP contribution in [0.25, 0.3) is 0 Å². The minimum absolute atomic E-state index is 0.0145. The normalized spacial score (nSPS) is 11.3. The Balaban J connectivity index is 3.02. The Morgan fingerprint density at radius 3 is 2.58 bits per heavy atom. The lowest BCUT2D eigenvalue weighted by Crippen LogP contribution is -2.11. The molecule has 0 fully saturated rings. The number of thiol groups is 1. The Morgan fingerprint density at radius 2 is 2.08 bits per heavy atom. The van der Waals surface area contributed by atoms with Gasteiger partial charge in [0.1, 0.15) is 5.82 Å². The van der Waals surface area contributed by atoms with Crippen molar-refractivity contribution >= 4 is 18.6 Å². The molecular formula is C5H4F3N3S. The lowest BCUT2D eigenvalue weighted by Gasteiger charge is -2.04. The quantitative estimate of drug-likeness (QED) is 0.670. The predicted molar refractivity (Wildman–Crippen MR) is 39.6 cm³/mol. The van der Waals surface area contributed by atoms with Crippen LogP contribution in [0.3, 0.4) is 0 Å². The van der Waals surface area contributed by atoms with Crippen LogP contribution in [0, 0.1) is 0 Å². The van der Waals surface area contributed by atoms with Crippen molar-refractivity contribution < 1.29 is 13.2 Å². The molecule has 0 spiro atoms. The fourth-order valence-corrected chi connectivity index (χ4v) is 0.682. The summed E-state index contributed by atoms with van der Waals surface area (Å²) in [5.41, 5.74) is 0. The van der Waals surface area contributed by atoms with E-state index < -0.39 is 12.0 Å². The van der Waals surface area contributed by atoms with Crippen molar-refractivity contribution in [2.75, 3.05) is 4.72 Å². The molecule has 0 unspecified atom stereocenters. The van der Waals surface area contributed by atoms with E-state index in [2.05, 4.69) is 27.5 Å². The standard InChI is InChI=1S/C5H4F3N3S/c6-5(7,8)4-9-2-1-3(10-4)11-12/h1-2,12H,(H,9,10,11). The number of anilines is 1. The molecule has 0 atom stereocenters. The van der Waals surface area contributed by atoms with E-state index in [4.69, 9.17) is 0 Å². The maximum absolute atomic E-state index is 11.9. The van der Waals surface area contributed by atoms with Gasteiger partial charge in [-0.3, -0.25) is 0 Å². The number of aromatic nitrogens is 2. The second kappa shape index (κ2) is 3.18. The fraction of sp³-hybridized carbons (Fsp3) is 0.200. The topological polar surface area (TPSA) is 37.8 Å². The van der Waals surface area contributed by atoms with Crippen LogP contribution in [0.15, 0.2) is 12.3 Å². The zero-order valence-corrected chi connectivity index (χ0v) is 6.52. The number of alkyl halides is 3. The van der Waals surface area contributed by atoms with Gasteiger partial charge in [-0.2, -0.15) is 13.2 Å². The monoisotopic (exact) mass is 195 g/mol. The van der Waals surface area contributed by atoms with Crippen LogP contribution in [-0.4, -0.2) is 9.97 Å². The highest BCUT2D eigenvalue weighted by molar-refractivity contribution is 7.81. The Bertz CT molecular complexity index is 275. The number of hydrogen-bond donors (Lipinski definition) is 2. The van der Waals surface area contributed by atoms with Crippen molar-refractivity contribution in [3.8, 4) is 0 Å². The van der Waals surface area contributed by atoms with Crippen LogP contribution in [0.2, 0.25) is 0 Å². The van der Waals surface area contributed by atoms with Gasteiger partial charge >= 0.3 is 6.18 Å². The second-order valence-corrected chi connectivity index (χ2v) is 2.10. The lowest BCUT2D eigenvalue weighted by atomic mass is 10.5. The molecule has 0 amide bonds. The zero-order chi connectivity index (χ0) is 9.19. The van der Waals surface area contributed by atoms with Crippen molar-refractivity contribution in [3.63, 3.8) is 0 Å². The van der Waals surface area contributed by atoms with Crippen molar-refractivity contribution in [1.29, 1.82) is 0 Å². The molecule has 0 aromatic carbocycles. The smallest absolute Gasteiger partial charge is 0.317 e. The molecule has 66 valence electrons. The fourth-order valence-electron chi connectivity index (χ4n) is 0.558. The zero-order valence-electron chi connectivity index (χ0n) is 5.63. The molecule has 0 saturated carbocycles. The van der Waals surface area contributed by atoms with Crippen LogP contribution < -0.4 is 4.72 Å². The van der Waals surface area contributed by atoms with Crippen LogP contribution >= 0.6 is 12.8 Å². The van der Waals surface area contributed by atoms with Gasteiger partial charge in [-0.05, 0) is 6.07 Å². The van der Waals surface area contributed by atoms with E-state index in [1.165, 1.54) is 6.07 Å². The third-order valence-electron chi connectivity index (χ3n) is 1.02. The van der Waals surface area contributed by atoms with E-state index >= 15 is 0 Å². The summed E-state index contributed by atoms with van der Waals surface area (Å²) < 4.78 is 38.0. The van der Waals surface area contributed by atoms with Gasteiger partial charge < -0.3 is 4.72 Å². The highest BCUT2D eigenvalue weighted by Gasteiger charge is 2.34. The average molecular weight is 195 g/mol. The molecule has 1 N–H and O–H groups in total. The molecule has 7 heteroatoms. The molecule has 0 saturated heterocycles. The summed E-state index contributed by atoms with van der Waals surface area (Å²) >= 11 is 3.55. The number of nitrogens with one attached hydrogen (secondary N) is 1. The average Bonchev–Trinajstić information content (AvgIpc) is 2.03. The third kappa shape index (κ3) is 2.00. The summed E-state index contributed by atoms with van der Waals surface area (Å²) in [6.07, 6.45) is -3.50. The van der Waals surface area contributed by atoms with Crippen LogP contribution in [-0.2, 0) is 6.18 Å². The van der Waals surface area contributed by atoms with E-state index in [1.807, 2.05) is 0 Å². The molecule has 1 rings (SSSR count). The van der Waals surface area contributed by atoms with Crippen molar-refractivity contribution in [2.45, 2.75) is 6.18 Å². The lowest BCUT2D eigenvalue weighted by molar-refractivity contribution is -0.144. The summed E-state index contributed by atoms with van der Waals surface area (Å²) in [6, 6.07) is 1.28. The molecule has 0 bridgehead atoms. The Labute approximate surface area is 71.6 Å². The number of nitrogens with zero attached hydrogens (tertiary/aromatic N) is 2. The minimum atomic E-state index is -4.51. The van der Waals surface area contributed by atoms with Gasteiger partial charge in [0, 0.05) is 6.20 Å². The van der Waals surface area contributed by atoms with Gasteiger partial charge in [-0.25, -0.2) is 9.97 Å². The molecular weight excluding hydrogens is 191 g/mol.